The summed E-state index contributed by atoms with van der Waals surface area (Å²) in [5, 5.41) is 6.59. The summed E-state index contributed by atoms with van der Waals surface area (Å²) >= 11 is 0. The monoisotopic (exact) mass is 412 g/mol. The lowest BCUT2D eigenvalue weighted by Gasteiger charge is -2.28. The van der Waals surface area contributed by atoms with Crippen molar-refractivity contribution in [1.82, 2.24) is 5.32 Å². The van der Waals surface area contributed by atoms with Crippen LogP contribution in [0, 0.1) is 5.92 Å². The van der Waals surface area contributed by atoms with E-state index in [1.807, 2.05) is 42.5 Å². The van der Waals surface area contributed by atoms with E-state index in [-0.39, 0.29) is 6.09 Å². The summed E-state index contributed by atoms with van der Waals surface area (Å²) in [6.07, 6.45) is 4.34. The standard InChI is InChI=1S/C27H28N2O2/c30-27(31-18-19-16-23-14-15-24(17-19)28-23)29-26-9-5-4-8-25(26)22-12-10-21(11-13-22)20-6-2-1-3-7-20/h1-13,19,23-24,28H,14-18H2,(H,29,30). The molecule has 2 fully saturated rings. The fourth-order valence-electron chi connectivity index (χ4n) is 4.97. The first-order chi connectivity index (χ1) is 15.2. The first-order valence-electron chi connectivity index (χ1n) is 11.2. The van der Waals surface area contributed by atoms with Gasteiger partial charge in [-0.3, -0.25) is 5.32 Å². The predicted octanol–water partition coefficient (Wildman–Crippen LogP) is 6.10. The topological polar surface area (TPSA) is 50.4 Å². The maximum Gasteiger partial charge on any atom is 0.411 e. The zero-order valence-electron chi connectivity index (χ0n) is 17.6. The molecule has 2 aliphatic rings. The molecule has 0 aliphatic carbocycles. The Labute approximate surface area is 183 Å². The fraction of sp³-hybridized carbons (Fsp3) is 0.296. The number of hydrogen-bond acceptors (Lipinski definition) is 3. The van der Waals surface area contributed by atoms with E-state index < -0.39 is 0 Å². The summed E-state index contributed by atoms with van der Waals surface area (Å²) in [6.45, 7) is 0.494. The number of para-hydroxylation sites is 1. The number of carbonyl (C=O) groups excluding carboxylic acids is 1. The average Bonchev–Trinajstić information content (AvgIpc) is 3.16. The molecule has 2 unspecified atom stereocenters. The summed E-state index contributed by atoms with van der Waals surface area (Å²) in [4.78, 5) is 12.5. The molecule has 2 saturated heterocycles. The fourth-order valence-corrected chi connectivity index (χ4v) is 4.97. The summed E-state index contributed by atoms with van der Waals surface area (Å²) in [5.41, 5.74) is 5.18. The lowest BCUT2D eigenvalue weighted by Crippen LogP contribution is -2.39. The second-order valence-electron chi connectivity index (χ2n) is 8.69. The normalized spacial score (nSPS) is 22.1. The van der Waals surface area contributed by atoms with Gasteiger partial charge < -0.3 is 10.1 Å². The quantitative estimate of drug-likeness (QED) is 0.532. The molecular weight excluding hydrogens is 384 g/mol. The summed E-state index contributed by atoms with van der Waals surface area (Å²) in [7, 11) is 0. The molecule has 0 aromatic heterocycles. The van der Waals surface area contributed by atoms with Crippen LogP contribution in [-0.2, 0) is 4.74 Å². The van der Waals surface area contributed by atoms with E-state index in [1.165, 1.54) is 24.0 Å². The summed E-state index contributed by atoms with van der Waals surface area (Å²) in [6, 6.07) is 27.8. The summed E-state index contributed by atoms with van der Waals surface area (Å²) < 4.78 is 5.60. The number of amides is 1. The maximum atomic E-state index is 12.5. The number of benzene rings is 3. The molecule has 2 aliphatic heterocycles. The highest BCUT2D eigenvalue weighted by Gasteiger charge is 2.33. The van der Waals surface area contributed by atoms with Gasteiger partial charge in [0.25, 0.3) is 0 Å². The van der Waals surface area contributed by atoms with E-state index in [0.717, 1.165) is 29.7 Å². The van der Waals surface area contributed by atoms with E-state index in [0.29, 0.717) is 24.6 Å². The highest BCUT2D eigenvalue weighted by Crippen LogP contribution is 2.32. The van der Waals surface area contributed by atoms with Gasteiger partial charge in [-0.25, -0.2) is 4.79 Å². The maximum absolute atomic E-state index is 12.5. The third-order valence-electron chi connectivity index (χ3n) is 6.49. The average molecular weight is 413 g/mol. The molecule has 1 amide bonds. The zero-order chi connectivity index (χ0) is 21.0. The van der Waals surface area contributed by atoms with Crippen molar-refractivity contribution in [3.05, 3.63) is 78.9 Å². The Balaban J connectivity index is 1.24. The molecule has 4 heteroatoms. The minimum absolute atomic E-state index is 0.376. The van der Waals surface area contributed by atoms with E-state index in [4.69, 9.17) is 4.74 Å². The van der Waals surface area contributed by atoms with Gasteiger partial charge in [0.2, 0.25) is 0 Å². The number of ether oxygens (including phenoxy) is 1. The highest BCUT2D eigenvalue weighted by atomic mass is 16.5. The van der Waals surface area contributed by atoms with Crippen LogP contribution < -0.4 is 10.6 Å². The molecule has 0 spiro atoms. The van der Waals surface area contributed by atoms with Gasteiger partial charge in [0.1, 0.15) is 0 Å². The van der Waals surface area contributed by atoms with Crippen LogP contribution in [0.15, 0.2) is 78.9 Å². The van der Waals surface area contributed by atoms with Crippen LogP contribution in [0.3, 0.4) is 0 Å². The minimum atomic E-state index is -0.376. The molecule has 2 atom stereocenters. The van der Waals surface area contributed by atoms with E-state index in [1.54, 1.807) is 0 Å². The summed E-state index contributed by atoms with van der Waals surface area (Å²) in [5.74, 6) is 0.463. The molecule has 2 bridgehead atoms. The van der Waals surface area contributed by atoms with E-state index in [2.05, 4.69) is 47.0 Å². The second kappa shape index (κ2) is 8.94. The smallest absolute Gasteiger partial charge is 0.411 e. The van der Waals surface area contributed by atoms with Crippen molar-refractivity contribution in [2.24, 2.45) is 5.92 Å². The Morgan fingerprint density at radius 1 is 0.806 bits per heavy atom. The van der Waals surface area contributed by atoms with Crippen LogP contribution in [0.25, 0.3) is 22.3 Å². The number of carbonyl (C=O) groups is 1. The van der Waals surface area contributed by atoms with Gasteiger partial charge in [-0.2, -0.15) is 0 Å². The first-order valence-corrected chi connectivity index (χ1v) is 11.2. The molecule has 158 valence electrons. The van der Waals surface area contributed by atoms with Gasteiger partial charge >= 0.3 is 6.09 Å². The number of fused-ring (bicyclic) bond motifs is 2. The first kappa shape index (κ1) is 19.8. The van der Waals surface area contributed by atoms with Crippen LogP contribution in [0.5, 0.6) is 0 Å². The Kier molecular flexibility index (Phi) is 5.72. The van der Waals surface area contributed by atoms with Gasteiger partial charge in [0.05, 0.1) is 12.3 Å². The van der Waals surface area contributed by atoms with Crippen molar-refractivity contribution in [3.8, 4) is 22.3 Å². The third-order valence-corrected chi connectivity index (χ3v) is 6.49. The molecule has 0 saturated carbocycles. The Morgan fingerprint density at radius 3 is 2.16 bits per heavy atom. The molecular formula is C27H28N2O2. The molecule has 2 N–H and O–H groups in total. The van der Waals surface area contributed by atoms with E-state index >= 15 is 0 Å². The number of rotatable bonds is 5. The zero-order valence-corrected chi connectivity index (χ0v) is 17.6. The Morgan fingerprint density at radius 2 is 1.42 bits per heavy atom. The van der Waals surface area contributed by atoms with Crippen molar-refractivity contribution in [1.29, 1.82) is 0 Å². The third kappa shape index (κ3) is 4.64. The van der Waals surface area contributed by atoms with Crippen molar-refractivity contribution in [2.45, 2.75) is 37.8 Å². The number of anilines is 1. The Bertz CT molecular complexity index is 1020. The second-order valence-corrected chi connectivity index (χ2v) is 8.69. The molecule has 31 heavy (non-hydrogen) atoms. The lowest BCUT2D eigenvalue weighted by molar-refractivity contribution is 0.122. The van der Waals surface area contributed by atoms with Gasteiger partial charge in [-0.05, 0) is 54.4 Å². The molecule has 0 radical (unpaired) electrons. The van der Waals surface area contributed by atoms with Crippen molar-refractivity contribution >= 4 is 11.8 Å². The van der Waals surface area contributed by atoms with Crippen molar-refractivity contribution < 1.29 is 9.53 Å². The Hall–Kier alpha value is -3.11. The number of hydrogen-bond donors (Lipinski definition) is 2. The van der Waals surface area contributed by atoms with Gasteiger partial charge in [0, 0.05) is 17.6 Å². The molecule has 5 rings (SSSR count). The SMILES string of the molecule is O=C(Nc1ccccc1-c1ccc(-c2ccccc2)cc1)OCC1CC2CCC(C1)N2. The van der Waals surface area contributed by atoms with Crippen LogP contribution in [-0.4, -0.2) is 24.8 Å². The van der Waals surface area contributed by atoms with Gasteiger partial charge in [-0.15, -0.1) is 0 Å². The van der Waals surface area contributed by atoms with Crippen LogP contribution in [0.2, 0.25) is 0 Å². The predicted molar refractivity (Wildman–Crippen MR) is 125 cm³/mol. The highest BCUT2D eigenvalue weighted by molar-refractivity contribution is 5.91. The van der Waals surface area contributed by atoms with E-state index in [9.17, 15) is 4.79 Å². The number of piperidine rings is 1. The number of nitrogens with one attached hydrogen (secondary N) is 2. The van der Waals surface area contributed by atoms with Gasteiger partial charge in [0.15, 0.2) is 0 Å². The molecule has 4 nitrogen and oxygen atoms in total. The van der Waals surface area contributed by atoms with Crippen LogP contribution >= 0.6 is 0 Å². The van der Waals surface area contributed by atoms with Crippen molar-refractivity contribution in [2.75, 3.05) is 11.9 Å². The molecule has 2 heterocycles. The van der Waals surface area contributed by atoms with Crippen LogP contribution in [0.4, 0.5) is 10.5 Å². The van der Waals surface area contributed by atoms with Gasteiger partial charge in [-0.1, -0.05) is 72.8 Å². The van der Waals surface area contributed by atoms with Crippen LogP contribution in [0.1, 0.15) is 25.7 Å². The molecule has 3 aromatic carbocycles. The minimum Gasteiger partial charge on any atom is -0.449 e. The lowest BCUT2D eigenvalue weighted by atomic mass is 9.93. The largest absolute Gasteiger partial charge is 0.449 e. The van der Waals surface area contributed by atoms with Crippen molar-refractivity contribution in [3.63, 3.8) is 0 Å². The molecule has 3 aromatic rings.